The van der Waals surface area contributed by atoms with Crippen molar-refractivity contribution in [1.82, 2.24) is 4.98 Å². The number of hydrogen-bond donors (Lipinski definition) is 2. The number of amides is 1. The maximum absolute atomic E-state index is 13.9. The Labute approximate surface area is 147 Å². The molecule has 0 saturated heterocycles. The predicted molar refractivity (Wildman–Crippen MR) is 93.4 cm³/mol. The fourth-order valence-corrected chi connectivity index (χ4v) is 2.66. The van der Waals surface area contributed by atoms with Crippen LogP contribution in [0.4, 0.5) is 26.0 Å². The van der Waals surface area contributed by atoms with Gasteiger partial charge in [-0.25, -0.2) is 13.8 Å². The fourth-order valence-electron chi connectivity index (χ4n) is 2.66. The molecule has 0 bridgehead atoms. The number of fused-ring (bicyclic) bond motifs is 1. The molecule has 130 valence electrons. The molecule has 0 atom stereocenters. The van der Waals surface area contributed by atoms with Gasteiger partial charge in [0.05, 0.1) is 5.69 Å². The van der Waals surface area contributed by atoms with Crippen molar-refractivity contribution in [3.63, 3.8) is 0 Å². The fraction of sp³-hybridized carbons (Fsp3) is 0.0526. The maximum atomic E-state index is 13.9. The van der Waals surface area contributed by atoms with E-state index in [1.165, 1.54) is 18.3 Å². The topological polar surface area (TPSA) is 63.2 Å². The molecule has 1 aromatic heterocycles. The van der Waals surface area contributed by atoms with Gasteiger partial charge >= 0.3 is 0 Å². The highest BCUT2D eigenvalue weighted by Crippen LogP contribution is 2.31. The number of anilines is 3. The molecular weight excluding hydrogens is 340 g/mol. The number of halogens is 2. The molecule has 2 aromatic carbocycles. The van der Waals surface area contributed by atoms with E-state index in [-0.39, 0.29) is 18.1 Å². The minimum absolute atomic E-state index is 0.000563. The van der Waals surface area contributed by atoms with Crippen molar-refractivity contribution in [2.24, 2.45) is 0 Å². The summed E-state index contributed by atoms with van der Waals surface area (Å²) in [6.45, 7) is -0.000563. The van der Waals surface area contributed by atoms with Crippen LogP contribution in [0.15, 0.2) is 54.7 Å². The molecule has 0 radical (unpaired) electrons. The highest BCUT2D eigenvalue weighted by Gasteiger charge is 2.16. The summed E-state index contributed by atoms with van der Waals surface area (Å²) >= 11 is 0. The van der Waals surface area contributed by atoms with Gasteiger partial charge in [0.2, 0.25) is 0 Å². The van der Waals surface area contributed by atoms with Crippen molar-refractivity contribution in [3.8, 4) is 16.9 Å². The molecule has 0 aliphatic carbocycles. The summed E-state index contributed by atoms with van der Waals surface area (Å²) in [6, 6.07) is 12.6. The van der Waals surface area contributed by atoms with Crippen LogP contribution in [0.5, 0.6) is 5.75 Å². The molecule has 1 amide bonds. The molecule has 7 heteroatoms. The zero-order chi connectivity index (χ0) is 18.1. The van der Waals surface area contributed by atoms with Gasteiger partial charge in [0.1, 0.15) is 11.6 Å². The third-order valence-corrected chi connectivity index (χ3v) is 3.91. The lowest BCUT2D eigenvalue weighted by Crippen LogP contribution is -2.25. The molecular formula is C19H13F2N3O2. The lowest BCUT2D eigenvalue weighted by atomic mass is 10.1. The monoisotopic (exact) mass is 353 g/mol. The van der Waals surface area contributed by atoms with Gasteiger partial charge in [-0.3, -0.25) is 4.79 Å². The van der Waals surface area contributed by atoms with Crippen molar-refractivity contribution in [2.75, 3.05) is 17.2 Å². The summed E-state index contributed by atoms with van der Waals surface area (Å²) in [7, 11) is 0. The van der Waals surface area contributed by atoms with E-state index in [2.05, 4.69) is 15.6 Å². The average Bonchev–Trinajstić information content (AvgIpc) is 2.64. The van der Waals surface area contributed by atoms with E-state index < -0.39 is 11.6 Å². The van der Waals surface area contributed by atoms with E-state index in [0.29, 0.717) is 28.5 Å². The summed E-state index contributed by atoms with van der Waals surface area (Å²) in [6.07, 6.45) is 1.46. The normalized spacial score (nSPS) is 12.8. The number of nitrogens with zero attached hydrogens (tertiary/aromatic N) is 1. The molecule has 26 heavy (non-hydrogen) atoms. The number of ether oxygens (including phenoxy) is 1. The Kier molecular flexibility index (Phi) is 3.96. The Hall–Kier alpha value is -3.48. The summed E-state index contributed by atoms with van der Waals surface area (Å²) < 4.78 is 32.5. The quantitative estimate of drug-likeness (QED) is 0.744. The Balaban J connectivity index is 1.56. The van der Waals surface area contributed by atoms with Gasteiger partial charge in [0.15, 0.2) is 18.2 Å². The Morgan fingerprint density at radius 1 is 1.12 bits per heavy atom. The number of pyridine rings is 1. The second-order valence-electron chi connectivity index (χ2n) is 5.71. The van der Waals surface area contributed by atoms with E-state index in [1.807, 2.05) is 0 Å². The number of carbonyl (C=O) groups excluding carboxylic acids is 1. The van der Waals surface area contributed by atoms with Gasteiger partial charge in [-0.15, -0.1) is 0 Å². The van der Waals surface area contributed by atoms with Gasteiger partial charge in [0.25, 0.3) is 5.91 Å². The molecule has 4 rings (SSSR count). The molecule has 5 nitrogen and oxygen atoms in total. The predicted octanol–water partition coefficient (Wildman–Crippen LogP) is 4.10. The van der Waals surface area contributed by atoms with E-state index in [1.54, 1.807) is 30.3 Å². The highest BCUT2D eigenvalue weighted by molar-refractivity contribution is 5.96. The summed E-state index contributed by atoms with van der Waals surface area (Å²) in [4.78, 5) is 15.6. The molecule has 1 aliphatic rings. The van der Waals surface area contributed by atoms with E-state index in [9.17, 15) is 13.6 Å². The first-order valence-corrected chi connectivity index (χ1v) is 7.84. The Morgan fingerprint density at radius 2 is 2.00 bits per heavy atom. The van der Waals surface area contributed by atoms with E-state index in [0.717, 1.165) is 6.07 Å². The van der Waals surface area contributed by atoms with Crippen molar-refractivity contribution in [3.05, 3.63) is 66.4 Å². The Bertz CT molecular complexity index is 991. The van der Waals surface area contributed by atoms with Crippen LogP contribution in [-0.2, 0) is 4.79 Å². The van der Waals surface area contributed by atoms with Gasteiger partial charge in [-0.1, -0.05) is 12.1 Å². The van der Waals surface area contributed by atoms with Crippen LogP contribution in [-0.4, -0.2) is 17.5 Å². The van der Waals surface area contributed by atoms with Crippen LogP contribution in [0, 0.1) is 11.6 Å². The second kappa shape index (κ2) is 6.44. The maximum Gasteiger partial charge on any atom is 0.262 e. The molecule has 2 heterocycles. The number of rotatable bonds is 3. The lowest BCUT2D eigenvalue weighted by Gasteiger charge is -2.18. The Morgan fingerprint density at radius 3 is 2.81 bits per heavy atom. The van der Waals surface area contributed by atoms with E-state index >= 15 is 0 Å². The molecule has 0 saturated carbocycles. The van der Waals surface area contributed by atoms with Gasteiger partial charge in [-0.2, -0.15) is 0 Å². The first kappa shape index (κ1) is 16.0. The van der Waals surface area contributed by atoms with Crippen LogP contribution in [0.1, 0.15) is 0 Å². The lowest BCUT2D eigenvalue weighted by molar-refractivity contribution is -0.118. The number of nitrogens with one attached hydrogen (secondary N) is 2. The van der Waals surface area contributed by atoms with Crippen molar-refractivity contribution in [1.29, 1.82) is 0 Å². The minimum Gasteiger partial charge on any atom is -0.482 e. The third kappa shape index (κ3) is 3.06. The molecule has 0 spiro atoms. The second-order valence-corrected chi connectivity index (χ2v) is 5.71. The number of carbonyl (C=O) groups is 1. The van der Waals surface area contributed by atoms with Crippen LogP contribution in [0.3, 0.4) is 0 Å². The number of hydrogen-bond acceptors (Lipinski definition) is 4. The first-order valence-electron chi connectivity index (χ1n) is 7.84. The largest absolute Gasteiger partial charge is 0.482 e. The average molecular weight is 353 g/mol. The van der Waals surface area contributed by atoms with Crippen molar-refractivity contribution in [2.45, 2.75) is 0 Å². The van der Waals surface area contributed by atoms with Gasteiger partial charge < -0.3 is 15.4 Å². The van der Waals surface area contributed by atoms with Crippen molar-refractivity contribution >= 4 is 23.1 Å². The zero-order valence-electron chi connectivity index (χ0n) is 13.4. The van der Waals surface area contributed by atoms with Crippen LogP contribution in [0.2, 0.25) is 0 Å². The van der Waals surface area contributed by atoms with Crippen LogP contribution < -0.4 is 15.4 Å². The van der Waals surface area contributed by atoms with Crippen molar-refractivity contribution < 1.29 is 18.3 Å². The first-order chi connectivity index (χ1) is 12.6. The third-order valence-electron chi connectivity index (χ3n) is 3.91. The molecule has 1 aliphatic heterocycles. The van der Waals surface area contributed by atoms with E-state index in [4.69, 9.17) is 4.74 Å². The summed E-state index contributed by atoms with van der Waals surface area (Å²) in [5, 5.41) is 5.81. The van der Waals surface area contributed by atoms with Gasteiger partial charge in [0, 0.05) is 23.0 Å². The highest BCUT2D eigenvalue weighted by atomic mass is 19.2. The number of benzene rings is 2. The smallest absolute Gasteiger partial charge is 0.262 e. The van der Waals surface area contributed by atoms with Gasteiger partial charge in [-0.05, 0) is 36.4 Å². The SMILES string of the molecule is O=C1COc2ccc(Nc3ccc(-c4cccc(F)c4F)cn3)cc2N1. The van der Waals surface area contributed by atoms with Crippen LogP contribution in [0.25, 0.3) is 11.1 Å². The summed E-state index contributed by atoms with van der Waals surface area (Å²) in [5.74, 6) is -0.897. The molecule has 3 aromatic rings. The zero-order valence-corrected chi connectivity index (χ0v) is 13.4. The summed E-state index contributed by atoms with van der Waals surface area (Å²) in [5.41, 5.74) is 1.90. The molecule has 0 unspecified atom stereocenters. The van der Waals surface area contributed by atoms with Crippen LogP contribution >= 0.6 is 0 Å². The minimum atomic E-state index is -0.902. The number of aromatic nitrogens is 1. The molecule has 2 N–H and O–H groups in total. The standard InChI is InChI=1S/C19H13F2N3O2/c20-14-3-1-2-13(19(14)21)11-4-7-17(22-9-11)23-12-5-6-16-15(8-12)24-18(25)10-26-16/h1-9H,10H2,(H,22,23)(H,24,25). The molecule has 0 fully saturated rings.